The summed E-state index contributed by atoms with van der Waals surface area (Å²) >= 11 is 0. The smallest absolute Gasteiger partial charge is 0.408 e. The number of hydrogen-bond donors (Lipinski definition) is 3. The number of alkyl carbamates (subject to hydrolysis) is 2. The van der Waals surface area contributed by atoms with Gasteiger partial charge in [-0.2, -0.15) is 0 Å². The van der Waals surface area contributed by atoms with Gasteiger partial charge in [-0.05, 0) is 61.3 Å². The quantitative estimate of drug-likeness (QED) is 0.284. The van der Waals surface area contributed by atoms with Crippen LogP contribution in [0.25, 0.3) is 0 Å². The highest BCUT2D eigenvalue weighted by Gasteiger charge is 2.62. The number of carbonyl (C=O) groups excluding carboxylic acids is 3. The van der Waals surface area contributed by atoms with Gasteiger partial charge in [-0.15, -0.1) is 13.2 Å². The van der Waals surface area contributed by atoms with Crippen molar-refractivity contribution in [1.29, 1.82) is 0 Å². The van der Waals surface area contributed by atoms with E-state index < -0.39 is 46.4 Å². The molecule has 4 atom stereocenters. The zero-order valence-corrected chi connectivity index (χ0v) is 21.1. The molecule has 0 aromatic carbocycles. The van der Waals surface area contributed by atoms with Gasteiger partial charge in [0.1, 0.15) is 22.3 Å². The molecule has 2 saturated carbocycles. The second-order valence-corrected chi connectivity index (χ2v) is 10.3. The van der Waals surface area contributed by atoms with Crippen molar-refractivity contribution in [1.82, 2.24) is 10.6 Å². The molecule has 10 heteroatoms. The lowest BCUT2D eigenvalue weighted by molar-refractivity contribution is -0.147. The van der Waals surface area contributed by atoms with Crippen molar-refractivity contribution >= 4 is 24.1 Å². The number of esters is 1. The summed E-state index contributed by atoms with van der Waals surface area (Å²) < 4.78 is 15.1. The van der Waals surface area contributed by atoms with Crippen molar-refractivity contribution < 1.29 is 38.5 Å². The van der Waals surface area contributed by atoms with E-state index in [1.54, 1.807) is 54.5 Å². The number of carboxylic acids is 1. The van der Waals surface area contributed by atoms with Gasteiger partial charge in [0.05, 0.1) is 6.61 Å². The summed E-state index contributed by atoms with van der Waals surface area (Å²) in [5.41, 5.74) is -3.44. The summed E-state index contributed by atoms with van der Waals surface area (Å²) in [6.07, 6.45) is 2.73. The van der Waals surface area contributed by atoms with Gasteiger partial charge in [0.15, 0.2) is 0 Å². The first-order valence-corrected chi connectivity index (χ1v) is 11.1. The Morgan fingerprint density at radius 1 is 0.882 bits per heavy atom. The van der Waals surface area contributed by atoms with Gasteiger partial charge in [-0.3, -0.25) is 0 Å². The van der Waals surface area contributed by atoms with Gasteiger partial charge in [0.25, 0.3) is 0 Å². The largest absolute Gasteiger partial charge is 0.479 e. The summed E-state index contributed by atoms with van der Waals surface area (Å²) in [5, 5.41) is 14.0. The maximum Gasteiger partial charge on any atom is 0.408 e. The highest BCUT2D eigenvalue weighted by Crippen LogP contribution is 2.46. The average molecular weight is 483 g/mol. The molecule has 0 aliphatic heterocycles. The van der Waals surface area contributed by atoms with Crippen LogP contribution in [0.15, 0.2) is 25.3 Å². The normalized spacial score (nSPS) is 27.0. The van der Waals surface area contributed by atoms with E-state index in [2.05, 4.69) is 23.8 Å². The van der Waals surface area contributed by atoms with Crippen LogP contribution in [0.3, 0.4) is 0 Å². The fourth-order valence-electron chi connectivity index (χ4n) is 3.25. The van der Waals surface area contributed by atoms with E-state index in [4.69, 9.17) is 19.3 Å². The lowest BCUT2D eigenvalue weighted by Crippen LogP contribution is -2.47. The number of aliphatic carboxylic acids is 1. The standard InChI is InChI=1S/C13H21NO4.C11H17NO4/c1-6-9-8-13(9,10(15)17-7-2)14-11(16)18-12(3,4)5;1-5-7-6-11(7,8(13)14)12-9(15)16-10(2,3)4/h6,9H,1,7-8H2,2-5H3,(H,14,16);5,7H,1,6H2,2-4H3,(H,12,15)(H,13,14)/t9-,13-;7-,11-/m00/s1. The molecule has 10 nitrogen and oxygen atoms in total. The maximum atomic E-state index is 11.9. The summed E-state index contributed by atoms with van der Waals surface area (Å²) in [4.78, 5) is 46.1. The number of ether oxygens (including phenoxy) is 3. The Balaban J connectivity index is 0.000000342. The van der Waals surface area contributed by atoms with Gasteiger partial charge in [-0.25, -0.2) is 19.2 Å². The predicted octanol–water partition coefficient (Wildman–Crippen LogP) is 3.56. The van der Waals surface area contributed by atoms with Crippen molar-refractivity contribution in [2.24, 2.45) is 11.8 Å². The summed E-state index contributed by atoms with van der Waals surface area (Å²) in [7, 11) is 0. The van der Waals surface area contributed by atoms with Crippen molar-refractivity contribution in [3.05, 3.63) is 25.3 Å². The first-order chi connectivity index (χ1) is 15.5. The number of carbonyl (C=O) groups is 4. The average Bonchev–Trinajstić information content (AvgIpc) is 3.54. The van der Waals surface area contributed by atoms with Crippen LogP contribution < -0.4 is 10.6 Å². The van der Waals surface area contributed by atoms with Gasteiger partial charge < -0.3 is 30.0 Å². The molecule has 0 spiro atoms. The van der Waals surface area contributed by atoms with E-state index in [9.17, 15) is 19.2 Å². The Bertz CT molecular complexity index is 826. The molecule has 0 aromatic heterocycles. The first-order valence-electron chi connectivity index (χ1n) is 11.1. The Morgan fingerprint density at radius 2 is 1.26 bits per heavy atom. The molecule has 0 radical (unpaired) electrons. The molecule has 2 aliphatic rings. The Labute approximate surface area is 201 Å². The predicted molar refractivity (Wildman–Crippen MR) is 125 cm³/mol. The maximum absolute atomic E-state index is 11.9. The van der Waals surface area contributed by atoms with Crippen LogP contribution >= 0.6 is 0 Å². The van der Waals surface area contributed by atoms with E-state index >= 15 is 0 Å². The third kappa shape index (κ3) is 7.78. The number of nitrogens with one attached hydrogen (secondary N) is 2. The van der Waals surface area contributed by atoms with Gasteiger partial charge in [-0.1, -0.05) is 12.2 Å². The molecule has 2 aliphatic carbocycles. The molecule has 0 unspecified atom stereocenters. The van der Waals surface area contributed by atoms with Crippen molar-refractivity contribution in [3.63, 3.8) is 0 Å². The molecule has 0 aromatic rings. The Morgan fingerprint density at radius 3 is 1.56 bits per heavy atom. The third-order valence-electron chi connectivity index (χ3n) is 5.07. The lowest BCUT2D eigenvalue weighted by atomic mass is 10.2. The van der Waals surface area contributed by atoms with Crippen LogP contribution in [0.2, 0.25) is 0 Å². The number of hydrogen-bond acceptors (Lipinski definition) is 7. The monoisotopic (exact) mass is 482 g/mol. The van der Waals surface area contributed by atoms with Gasteiger partial charge in [0.2, 0.25) is 0 Å². The zero-order valence-electron chi connectivity index (χ0n) is 21.1. The molecule has 34 heavy (non-hydrogen) atoms. The zero-order chi connectivity index (χ0) is 26.5. The van der Waals surface area contributed by atoms with Crippen molar-refractivity contribution in [2.45, 2.75) is 83.6 Å². The van der Waals surface area contributed by atoms with E-state index in [1.165, 1.54) is 6.08 Å². The van der Waals surface area contributed by atoms with Crippen LogP contribution in [0, 0.1) is 11.8 Å². The van der Waals surface area contributed by atoms with Gasteiger partial charge in [0, 0.05) is 11.8 Å². The highest BCUT2D eigenvalue weighted by molar-refractivity contribution is 5.90. The minimum absolute atomic E-state index is 0.0935. The molecule has 2 rings (SSSR count). The fourth-order valence-corrected chi connectivity index (χ4v) is 3.25. The molecule has 0 bridgehead atoms. The van der Waals surface area contributed by atoms with Crippen LogP contribution in [0.4, 0.5) is 9.59 Å². The summed E-state index contributed by atoms with van der Waals surface area (Å²) in [6, 6.07) is 0. The fraction of sp³-hybridized carbons (Fsp3) is 0.667. The van der Waals surface area contributed by atoms with E-state index in [-0.39, 0.29) is 18.4 Å². The Kier molecular flexibility index (Phi) is 8.94. The van der Waals surface area contributed by atoms with Crippen LogP contribution in [0.5, 0.6) is 0 Å². The third-order valence-corrected chi connectivity index (χ3v) is 5.07. The molecule has 3 N–H and O–H groups in total. The Hall–Kier alpha value is -3.04. The minimum Gasteiger partial charge on any atom is -0.479 e. The topological polar surface area (TPSA) is 140 Å². The second-order valence-electron chi connectivity index (χ2n) is 10.3. The van der Waals surface area contributed by atoms with Crippen molar-refractivity contribution in [2.75, 3.05) is 6.61 Å². The lowest BCUT2D eigenvalue weighted by Gasteiger charge is -2.23. The minimum atomic E-state index is -1.22. The summed E-state index contributed by atoms with van der Waals surface area (Å²) in [6.45, 7) is 19.6. The van der Waals surface area contributed by atoms with E-state index in [0.29, 0.717) is 12.8 Å². The summed E-state index contributed by atoms with van der Waals surface area (Å²) in [5.74, 6) is -1.80. The number of carboxylic acid groups (broad SMARTS) is 1. The number of rotatable bonds is 7. The van der Waals surface area contributed by atoms with Crippen molar-refractivity contribution in [3.8, 4) is 0 Å². The van der Waals surface area contributed by atoms with Crippen LogP contribution in [-0.2, 0) is 23.8 Å². The number of amides is 2. The SMILES string of the molecule is C=C[C@H]1C[C@@]1(NC(=O)OC(C)(C)C)C(=O)O.C=C[C@H]1C[C@@]1(NC(=O)OC(C)(C)C)C(=O)OCC. The molecule has 192 valence electrons. The van der Waals surface area contributed by atoms with Crippen LogP contribution in [0.1, 0.15) is 61.3 Å². The van der Waals surface area contributed by atoms with Crippen LogP contribution in [-0.4, -0.2) is 58.1 Å². The first kappa shape index (κ1) is 29.0. The van der Waals surface area contributed by atoms with Gasteiger partial charge >= 0.3 is 24.1 Å². The molecule has 0 saturated heterocycles. The van der Waals surface area contributed by atoms with E-state index in [0.717, 1.165) is 0 Å². The molecule has 0 heterocycles. The second kappa shape index (κ2) is 10.5. The molecule has 2 fully saturated rings. The molecule has 2 amide bonds. The highest BCUT2D eigenvalue weighted by atomic mass is 16.6. The van der Waals surface area contributed by atoms with E-state index in [1.807, 2.05) is 0 Å². The molecular weight excluding hydrogens is 444 g/mol. The molecular formula is C24H38N2O8.